The smallest absolute Gasteiger partial charge is 0.354 e. The van der Waals surface area contributed by atoms with Crippen LogP contribution in [0.15, 0.2) is 18.3 Å². The maximum atomic E-state index is 12.0. The molecule has 0 bridgehead atoms. The van der Waals surface area contributed by atoms with Gasteiger partial charge >= 0.3 is 12.0 Å². The monoisotopic (exact) mass is 295 g/mol. The van der Waals surface area contributed by atoms with Gasteiger partial charge in [-0.1, -0.05) is 6.07 Å². The molecule has 8 nitrogen and oxygen atoms in total. The van der Waals surface area contributed by atoms with E-state index in [1.807, 2.05) is 0 Å². The maximum absolute atomic E-state index is 12.0. The van der Waals surface area contributed by atoms with Gasteiger partial charge in [0.05, 0.1) is 25.9 Å². The Hall–Kier alpha value is -2.19. The van der Waals surface area contributed by atoms with E-state index >= 15 is 0 Å². The minimum absolute atomic E-state index is 0.0430. The second kappa shape index (κ2) is 7.00. The number of aromatic carboxylic acids is 1. The lowest BCUT2D eigenvalue weighted by Gasteiger charge is -2.34. The van der Waals surface area contributed by atoms with Crippen LogP contribution in [0.25, 0.3) is 0 Å². The molecule has 0 saturated carbocycles. The lowest BCUT2D eigenvalue weighted by Crippen LogP contribution is -2.53. The van der Waals surface area contributed by atoms with Gasteiger partial charge in [0.15, 0.2) is 0 Å². The molecule has 1 saturated heterocycles. The molecule has 0 aliphatic carbocycles. The van der Waals surface area contributed by atoms with E-state index in [4.69, 9.17) is 9.84 Å². The van der Waals surface area contributed by atoms with E-state index in [-0.39, 0.29) is 30.9 Å². The quantitative estimate of drug-likeness (QED) is 0.702. The second-order valence-corrected chi connectivity index (χ2v) is 4.62. The lowest BCUT2D eigenvalue weighted by molar-refractivity contribution is -0.00766. The third-order valence-corrected chi connectivity index (χ3v) is 3.19. The van der Waals surface area contributed by atoms with E-state index in [1.54, 1.807) is 6.07 Å². The molecule has 2 heterocycles. The number of rotatable bonds is 4. The maximum Gasteiger partial charge on any atom is 0.354 e. The molecule has 114 valence electrons. The van der Waals surface area contributed by atoms with E-state index in [2.05, 4.69) is 10.3 Å². The third-order valence-electron chi connectivity index (χ3n) is 3.19. The standard InChI is InChI=1S/C13H17N3O5/c17-7-10-8-21-4-3-16(10)13(20)15-6-9-1-2-11(12(18)19)14-5-9/h1-2,5,10,17H,3-4,6-8H2,(H,15,20)(H,18,19). The summed E-state index contributed by atoms with van der Waals surface area (Å²) in [6.07, 6.45) is 1.41. The molecule has 1 aromatic heterocycles. The topological polar surface area (TPSA) is 112 Å². The van der Waals surface area contributed by atoms with Crippen LogP contribution >= 0.6 is 0 Å². The summed E-state index contributed by atoms with van der Waals surface area (Å²) in [6.45, 7) is 1.27. The molecule has 1 aromatic rings. The number of pyridine rings is 1. The number of nitrogens with zero attached hydrogens (tertiary/aromatic N) is 2. The molecule has 1 fully saturated rings. The van der Waals surface area contributed by atoms with E-state index in [9.17, 15) is 14.7 Å². The predicted octanol–water partition coefficient (Wildman–Crippen LogP) is -0.318. The summed E-state index contributed by atoms with van der Waals surface area (Å²) in [7, 11) is 0. The van der Waals surface area contributed by atoms with Crippen molar-refractivity contribution >= 4 is 12.0 Å². The molecule has 2 rings (SSSR count). The minimum Gasteiger partial charge on any atom is -0.477 e. The molecule has 2 amide bonds. The summed E-state index contributed by atoms with van der Waals surface area (Å²) >= 11 is 0. The molecule has 0 spiro atoms. The average Bonchev–Trinajstić information content (AvgIpc) is 2.52. The highest BCUT2D eigenvalue weighted by atomic mass is 16.5. The van der Waals surface area contributed by atoms with Gasteiger partial charge < -0.3 is 25.2 Å². The number of aliphatic hydroxyl groups excluding tert-OH is 1. The number of aliphatic hydroxyl groups is 1. The molecule has 0 radical (unpaired) electrons. The molecular formula is C13H17N3O5. The Bertz CT molecular complexity index is 505. The summed E-state index contributed by atoms with van der Waals surface area (Å²) < 4.78 is 5.20. The minimum atomic E-state index is -1.09. The number of hydrogen-bond donors (Lipinski definition) is 3. The van der Waals surface area contributed by atoms with E-state index < -0.39 is 5.97 Å². The van der Waals surface area contributed by atoms with Gasteiger partial charge in [0, 0.05) is 19.3 Å². The number of urea groups is 1. The molecule has 1 aliphatic rings. The summed E-state index contributed by atoms with van der Waals surface area (Å²) in [4.78, 5) is 28.0. The Labute approximate surface area is 121 Å². The second-order valence-electron chi connectivity index (χ2n) is 4.62. The molecule has 1 atom stereocenters. The van der Waals surface area contributed by atoms with Crippen molar-refractivity contribution in [2.75, 3.05) is 26.4 Å². The first-order valence-electron chi connectivity index (χ1n) is 6.53. The van der Waals surface area contributed by atoms with Crippen LogP contribution in [0.1, 0.15) is 16.1 Å². The Morgan fingerprint density at radius 1 is 1.48 bits per heavy atom. The lowest BCUT2D eigenvalue weighted by atomic mass is 10.2. The SMILES string of the molecule is O=C(O)c1ccc(CNC(=O)N2CCOCC2CO)cn1. The van der Waals surface area contributed by atoms with Crippen molar-refractivity contribution in [1.82, 2.24) is 15.2 Å². The van der Waals surface area contributed by atoms with Crippen molar-refractivity contribution in [2.45, 2.75) is 12.6 Å². The highest BCUT2D eigenvalue weighted by molar-refractivity contribution is 5.85. The number of carbonyl (C=O) groups is 2. The first-order chi connectivity index (χ1) is 10.1. The fourth-order valence-corrected chi connectivity index (χ4v) is 2.01. The third kappa shape index (κ3) is 3.89. The number of aromatic nitrogens is 1. The number of carboxylic acid groups (broad SMARTS) is 1. The molecule has 8 heteroatoms. The van der Waals surface area contributed by atoms with Crippen molar-refractivity contribution < 1.29 is 24.5 Å². The summed E-state index contributed by atoms with van der Waals surface area (Å²) in [6, 6.07) is 2.35. The van der Waals surface area contributed by atoms with Crippen LogP contribution in [0.4, 0.5) is 4.79 Å². The zero-order valence-electron chi connectivity index (χ0n) is 11.4. The number of carbonyl (C=O) groups excluding carboxylic acids is 1. The van der Waals surface area contributed by atoms with Gasteiger partial charge in [-0.15, -0.1) is 0 Å². The predicted molar refractivity (Wildman–Crippen MR) is 71.8 cm³/mol. The zero-order chi connectivity index (χ0) is 15.2. The van der Waals surface area contributed by atoms with Crippen LogP contribution in [0.5, 0.6) is 0 Å². The Morgan fingerprint density at radius 2 is 2.29 bits per heavy atom. The molecular weight excluding hydrogens is 278 g/mol. The number of amides is 2. The highest BCUT2D eigenvalue weighted by Crippen LogP contribution is 2.07. The number of morpholine rings is 1. The van der Waals surface area contributed by atoms with Gasteiger partial charge in [0.2, 0.25) is 0 Å². The first kappa shape index (κ1) is 15.2. The van der Waals surface area contributed by atoms with Crippen LogP contribution in [0, 0.1) is 0 Å². The molecule has 1 aliphatic heterocycles. The molecule has 1 unspecified atom stereocenters. The van der Waals surface area contributed by atoms with Crippen LogP contribution < -0.4 is 5.32 Å². The van der Waals surface area contributed by atoms with Crippen molar-refractivity contribution in [1.29, 1.82) is 0 Å². The highest BCUT2D eigenvalue weighted by Gasteiger charge is 2.26. The van der Waals surface area contributed by atoms with Gasteiger partial charge in [-0.25, -0.2) is 14.6 Å². The normalized spacial score (nSPS) is 18.3. The molecule has 3 N–H and O–H groups in total. The fourth-order valence-electron chi connectivity index (χ4n) is 2.01. The van der Waals surface area contributed by atoms with Gasteiger partial charge in [-0.2, -0.15) is 0 Å². The van der Waals surface area contributed by atoms with Crippen molar-refractivity contribution in [2.24, 2.45) is 0 Å². The number of hydrogen-bond acceptors (Lipinski definition) is 5. The van der Waals surface area contributed by atoms with Crippen LogP contribution in [0.2, 0.25) is 0 Å². The van der Waals surface area contributed by atoms with Gasteiger partial charge in [-0.05, 0) is 11.6 Å². The first-order valence-corrected chi connectivity index (χ1v) is 6.53. The fraction of sp³-hybridized carbons (Fsp3) is 0.462. The summed E-state index contributed by atoms with van der Waals surface area (Å²) in [5, 5.41) is 20.7. The van der Waals surface area contributed by atoms with Crippen molar-refractivity contribution in [3.05, 3.63) is 29.6 Å². The van der Waals surface area contributed by atoms with E-state index in [0.29, 0.717) is 25.3 Å². The van der Waals surface area contributed by atoms with Crippen LogP contribution in [-0.4, -0.2) is 64.5 Å². The number of nitrogens with one attached hydrogen (secondary N) is 1. The number of carboxylic acids is 1. The summed E-state index contributed by atoms with van der Waals surface area (Å²) in [5.41, 5.74) is 0.653. The molecule has 0 aromatic carbocycles. The Balaban J connectivity index is 1.89. The van der Waals surface area contributed by atoms with Gasteiger partial charge in [0.25, 0.3) is 0 Å². The molecule has 21 heavy (non-hydrogen) atoms. The average molecular weight is 295 g/mol. The zero-order valence-corrected chi connectivity index (χ0v) is 11.4. The van der Waals surface area contributed by atoms with Crippen LogP contribution in [0.3, 0.4) is 0 Å². The number of ether oxygens (including phenoxy) is 1. The van der Waals surface area contributed by atoms with E-state index in [0.717, 1.165) is 0 Å². The summed E-state index contributed by atoms with van der Waals surface area (Å²) in [5.74, 6) is -1.09. The van der Waals surface area contributed by atoms with Gasteiger partial charge in [-0.3, -0.25) is 0 Å². The van der Waals surface area contributed by atoms with Gasteiger partial charge in [0.1, 0.15) is 5.69 Å². The van der Waals surface area contributed by atoms with Crippen molar-refractivity contribution in [3.8, 4) is 0 Å². The van der Waals surface area contributed by atoms with Crippen LogP contribution in [-0.2, 0) is 11.3 Å². The largest absolute Gasteiger partial charge is 0.477 e. The van der Waals surface area contributed by atoms with Crippen molar-refractivity contribution in [3.63, 3.8) is 0 Å². The Morgan fingerprint density at radius 3 is 2.90 bits per heavy atom. The van der Waals surface area contributed by atoms with E-state index in [1.165, 1.54) is 17.2 Å². The Kier molecular flexibility index (Phi) is 5.07.